The van der Waals surface area contributed by atoms with Gasteiger partial charge in [0.15, 0.2) is 5.69 Å². The van der Waals surface area contributed by atoms with Gasteiger partial charge in [0.05, 0.1) is 11.3 Å². The fraction of sp³-hybridized carbons (Fsp3) is 0.600. The van der Waals surface area contributed by atoms with E-state index in [0.717, 1.165) is 55.7 Å². The third-order valence-corrected chi connectivity index (χ3v) is 6.10. The topological polar surface area (TPSA) is 95.3 Å². The molecule has 1 saturated heterocycles. The molecule has 1 aliphatic carbocycles. The van der Waals surface area contributed by atoms with Gasteiger partial charge in [-0.1, -0.05) is 5.16 Å². The first-order valence-electron chi connectivity index (χ1n) is 10.1. The zero-order valence-electron chi connectivity index (χ0n) is 16.1. The zero-order valence-corrected chi connectivity index (χ0v) is 16.1. The number of aromatic amines is 1. The molecule has 148 valence electrons. The Labute approximate surface area is 162 Å². The van der Waals surface area contributed by atoms with E-state index in [2.05, 4.69) is 15.0 Å². The van der Waals surface area contributed by atoms with Gasteiger partial charge in [-0.2, -0.15) is 0 Å². The maximum Gasteiger partial charge on any atom is 0.276 e. The highest BCUT2D eigenvalue weighted by atomic mass is 16.5. The minimum absolute atomic E-state index is 0.0411. The average Bonchev–Trinajstić information content (AvgIpc) is 3.45. The van der Waals surface area contributed by atoms with Crippen LogP contribution in [0.15, 0.2) is 15.4 Å². The van der Waals surface area contributed by atoms with Crippen LogP contribution in [0.25, 0.3) is 0 Å². The second-order valence-corrected chi connectivity index (χ2v) is 8.34. The number of carbonyl (C=O) groups is 1. The van der Waals surface area contributed by atoms with E-state index in [1.54, 1.807) is 6.07 Å². The van der Waals surface area contributed by atoms with Gasteiger partial charge in [-0.3, -0.25) is 9.59 Å². The van der Waals surface area contributed by atoms with Gasteiger partial charge < -0.3 is 19.3 Å². The van der Waals surface area contributed by atoms with Crippen LogP contribution >= 0.6 is 0 Å². The van der Waals surface area contributed by atoms with Crippen molar-refractivity contribution < 1.29 is 9.32 Å². The molecule has 1 saturated carbocycles. The molecule has 0 spiro atoms. The lowest BCUT2D eigenvalue weighted by Gasteiger charge is -2.32. The summed E-state index contributed by atoms with van der Waals surface area (Å²) in [7, 11) is 2.01. The Bertz CT molecular complexity index is 961. The summed E-state index contributed by atoms with van der Waals surface area (Å²) in [5.41, 5.74) is 2.03. The van der Waals surface area contributed by atoms with Crippen LogP contribution in [0, 0.1) is 0 Å². The monoisotopic (exact) mass is 383 g/mol. The van der Waals surface area contributed by atoms with Crippen LogP contribution in [0.3, 0.4) is 0 Å². The third-order valence-electron chi connectivity index (χ3n) is 6.10. The maximum atomic E-state index is 12.9. The number of likely N-dealkylation sites (N-methyl/N-ethyl adjacent to an activating group) is 1. The largest absolute Gasteiger partial charge is 0.360 e. The van der Waals surface area contributed by atoms with E-state index in [1.165, 1.54) is 0 Å². The Morgan fingerprint density at radius 2 is 2.11 bits per heavy atom. The molecule has 2 aromatic heterocycles. The predicted octanol–water partition coefficient (Wildman–Crippen LogP) is 1.64. The van der Waals surface area contributed by atoms with Gasteiger partial charge in [0, 0.05) is 50.5 Å². The second kappa shape index (κ2) is 6.84. The van der Waals surface area contributed by atoms with E-state index >= 15 is 0 Å². The van der Waals surface area contributed by atoms with Gasteiger partial charge >= 0.3 is 0 Å². The molecule has 0 aromatic carbocycles. The Balaban J connectivity index is 1.34. The SMILES string of the molecule is CN1CCc2nc([C@H]3CCCN(C(=O)c4cc(C5CC5)on4)C3)[nH]c(=O)c2C1. The summed E-state index contributed by atoms with van der Waals surface area (Å²) in [6.07, 6.45) is 4.81. The molecule has 8 heteroatoms. The highest BCUT2D eigenvalue weighted by molar-refractivity contribution is 5.92. The molecule has 2 fully saturated rings. The van der Waals surface area contributed by atoms with Gasteiger partial charge in [0.1, 0.15) is 11.6 Å². The fourth-order valence-electron chi connectivity index (χ4n) is 4.27. The fourth-order valence-corrected chi connectivity index (χ4v) is 4.27. The Kier molecular flexibility index (Phi) is 4.30. The Morgan fingerprint density at radius 3 is 2.93 bits per heavy atom. The summed E-state index contributed by atoms with van der Waals surface area (Å²) in [6, 6.07) is 1.79. The molecular weight excluding hydrogens is 358 g/mol. The molecule has 1 N–H and O–H groups in total. The first-order chi connectivity index (χ1) is 13.6. The molecule has 28 heavy (non-hydrogen) atoms. The van der Waals surface area contributed by atoms with Gasteiger partial charge in [0.2, 0.25) is 0 Å². The minimum atomic E-state index is -0.0951. The Morgan fingerprint density at radius 1 is 1.25 bits per heavy atom. The molecule has 5 rings (SSSR count). The van der Waals surface area contributed by atoms with E-state index in [4.69, 9.17) is 9.51 Å². The number of rotatable bonds is 3. The van der Waals surface area contributed by atoms with E-state index in [-0.39, 0.29) is 17.4 Å². The summed E-state index contributed by atoms with van der Waals surface area (Å²) in [4.78, 5) is 37.1. The summed E-state index contributed by atoms with van der Waals surface area (Å²) < 4.78 is 5.34. The molecule has 2 aliphatic heterocycles. The lowest BCUT2D eigenvalue weighted by atomic mass is 9.96. The summed E-state index contributed by atoms with van der Waals surface area (Å²) in [5.74, 6) is 1.92. The second-order valence-electron chi connectivity index (χ2n) is 8.34. The van der Waals surface area contributed by atoms with Crippen molar-refractivity contribution in [3.8, 4) is 0 Å². The van der Waals surface area contributed by atoms with Crippen molar-refractivity contribution in [3.05, 3.63) is 45.0 Å². The molecule has 2 aromatic rings. The first-order valence-corrected chi connectivity index (χ1v) is 10.1. The average molecular weight is 383 g/mol. The summed E-state index contributed by atoms with van der Waals surface area (Å²) >= 11 is 0. The number of H-pyrrole nitrogens is 1. The van der Waals surface area contributed by atoms with E-state index in [1.807, 2.05) is 11.9 Å². The van der Waals surface area contributed by atoms with Crippen LogP contribution < -0.4 is 5.56 Å². The predicted molar refractivity (Wildman–Crippen MR) is 101 cm³/mol. The van der Waals surface area contributed by atoms with Gasteiger partial charge in [-0.05, 0) is 32.7 Å². The number of fused-ring (bicyclic) bond motifs is 1. The number of nitrogens with one attached hydrogen (secondary N) is 1. The van der Waals surface area contributed by atoms with E-state index in [9.17, 15) is 9.59 Å². The van der Waals surface area contributed by atoms with Crippen molar-refractivity contribution in [1.29, 1.82) is 0 Å². The molecule has 1 amide bonds. The molecule has 4 heterocycles. The van der Waals surface area contributed by atoms with Crippen LogP contribution in [-0.4, -0.2) is 57.5 Å². The van der Waals surface area contributed by atoms with Crippen molar-refractivity contribution in [2.75, 3.05) is 26.7 Å². The number of nitrogens with zero attached hydrogens (tertiary/aromatic N) is 4. The van der Waals surface area contributed by atoms with Crippen molar-refractivity contribution >= 4 is 5.91 Å². The van der Waals surface area contributed by atoms with Gasteiger partial charge in [0.25, 0.3) is 11.5 Å². The van der Waals surface area contributed by atoms with Crippen LogP contribution in [0.5, 0.6) is 0 Å². The van der Waals surface area contributed by atoms with Gasteiger partial charge in [-0.25, -0.2) is 4.98 Å². The molecule has 8 nitrogen and oxygen atoms in total. The lowest BCUT2D eigenvalue weighted by molar-refractivity contribution is 0.0693. The van der Waals surface area contributed by atoms with E-state index in [0.29, 0.717) is 37.1 Å². The molecule has 3 aliphatic rings. The normalized spacial score (nSPS) is 22.9. The molecule has 0 unspecified atom stereocenters. The molecule has 0 bridgehead atoms. The molecule has 0 radical (unpaired) electrons. The number of likely N-dealkylation sites (tertiary alicyclic amines) is 1. The minimum Gasteiger partial charge on any atom is -0.360 e. The van der Waals surface area contributed by atoms with Crippen LogP contribution in [0.4, 0.5) is 0 Å². The maximum absolute atomic E-state index is 12.9. The van der Waals surface area contributed by atoms with Crippen molar-refractivity contribution in [2.24, 2.45) is 0 Å². The van der Waals surface area contributed by atoms with E-state index < -0.39 is 0 Å². The Hall–Kier alpha value is -2.48. The van der Waals surface area contributed by atoms with Gasteiger partial charge in [-0.15, -0.1) is 0 Å². The van der Waals surface area contributed by atoms with Crippen LogP contribution in [0.1, 0.15) is 70.8 Å². The third kappa shape index (κ3) is 3.26. The number of amides is 1. The standard InChI is InChI=1S/C20H25N5O3/c1-24-8-6-15-14(11-24)19(26)22-18(21-15)13-3-2-7-25(10-13)20(27)16-9-17(28-23-16)12-4-5-12/h9,12-13H,2-8,10-11H2,1H3,(H,21,22,26)/t13-/m0/s1. The van der Waals surface area contributed by atoms with Crippen molar-refractivity contribution in [2.45, 2.75) is 50.5 Å². The number of aromatic nitrogens is 3. The summed E-state index contributed by atoms with van der Waals surface area (Å²) in [5, 5.41) is 3.98. The quantitative estimate of drug-likeness (QED) is 0.866. The van der Waals surface area contributed by atoms with Crippen molar-refractivity contribution in [3.63, 3.8) is 0 Å². The summed E-state index contributed by atoms with van der Waals surface area (Å²) in [6.45, 7) is 2.80. The molecular formula is C20H25N5O3. The number of carbonyl (C=O) groups excluding carboxylic acids is 1. The molecule has 1 atom stereocenters. The van der Waals surface area contributed by atoms with Crippen LogP contribution in [0.2, 0.25) is 0 Å². The number of piperidine rings is 1. The highest BCUT2D eigenvalue weighted by Gasteiger charge is 2.32. The van der Waals surface area contributed by atoms with Crippen LogP contribution in [-0.2, 0) is 13.0 Å². The number of hydrogen-bond donors (Lipinski definition) is 1. The number of hydrogen-bond acceptors (Lipinski definition) is 6. The first kappa shape index (κ1) is 17.6. The lowest BCUT2D eigenvalue weighted by Crippen LogP contribution is -2.41. The highest BCUT2D eigenvalue weighted by Crippen LogP contribution is 2.40. The zero-order chi connectivity index (χ0) is 19.3. The van der Waals surface area contributed by atoms with Crippen molar-refractivity contribution in [1.82, 2.24) is 24.9 Å². The smallest absolute Gasteiger partial charge is 0.276 e.